The molecule has 0 unspecified atom stereocenters. The Morgan fingerprint density at radius 1 is 1.12 bits per heavy atom. The summed E-state index contributed by atoms with van der Waals surface area (Å²) < 4.78 is 6.82. The van der Waals surface area contributed by atoms with Crippen molar-refractivity contribution in [3.05, 3.63) is 99.1 Å². The topological polar surface area (TPSA) is 175 Å². The van der Waals surface area contributed by atoms with Crippen LogP contribution >= 0.6 is 0 Å². The number of nitro groups is 1. The number of ether oxygens (including phenoxy) is 1. The molecule has 0 radical (unpaired) electrons. The normalized spacial score (nSPS) is 26.8. The van der Waals surface area contributed by atoms with Crippen molar-refractivity contribution in [3.63, 3.8) is 0 Å². The fourth-order valence-corrected chi connectivity index (χ4v) is 11.5. The number of non-ortho nitro benzene ring substituents is 1. The van der Waals surface area contributed by atoms with E-state index in [9.17, 15) is 34.4 Å². The smallest absolute Gasteiger partial charge is 0.269 e. The molecule has 7 rings (SSSR count). The third-order valence-corrected chi connectivity index (χ3v) is 13.9. The average Bonchev–Trinajstić information content (AvgIpc) is 3.81. The number of rotatable bonds is 9. The molecule has 1 spiro atoms. The van der Waals surface area contributed by atoms with Gasteiger partial charge in [0.25, 0.3) is 11.6 Å². The number of anilines is 2. The minimum atomic E-state index is -3.16. The standard InChI is InChI=1S/C38H45N5O8Si/c1-23-35(52(2,3)50)33(19-34(45)41-21-26-10-5-4-9-25(26)17-29(41)22-44)51-38(23)30-18-28(43(48)49)13-14-32(30)42(37(38)47)20-24-8-6-11-27(16-24)40-36(46)31-12-7-15-39-31/h4-6,8-11,13-14,16,18,23,29,31,33,35,39,44,50H,7,12,15,17,19-22H2,1-3H3,(H,40,46)/t23-,29+,31-,33+,35-,38+/m1/s1. The summed E-state index contributed by atoms with van der Waals surface area (Å²) in [6, 6.07) is 18.6. The molecule has 3 aromatic rings. The van der Waals surface area contributed by atoms with Crippen LogP contribution in [0.2, 0.25) is 18.6 Å². The minimum absolute atomic E-state index is 0.0897. The Morgan fingerprint density at radius 3 is 2.58 bits per heavy atom. The summed E-state index contributed by atoms with van der Waals surface area (Å²) in [6.45, 7) is 6.32. The first-order valence-electron chi connectivity index (χ1n) is 17.9. The van der Waals surface area contributed by atoms with Crippen molar-refractivity contribution >= 4 is 43.1 Å². The molecule has 3 aromatic carbocycles. The zero-order valence-corrected chi connectivity index (χ0v) is 30.6. The molecule has 13 nitrogen and oxygen atoms in total. The summed E-state index contributed by atoms with van der Waals surface area (Å²) >= 11 is 0. The molecule has 4 N–H and O–H groups in total. The van der Waals surface area contributed by atoms with E-state index in [4.69, 9.17) is 4.74 Å². The molecule has 2 saturated heterocycles. The number of hydrogen-bond donors (Lipinski definition) is 4. The fourth-order valence-electron chi connectivity index (χ4n) is 8.94. The highest BCUT2D eigenvalue weighted by molar-refractivity contribution is 6.71. The number of nitro benzene ring substituents is 1. The maximum absolute atomic E-state index is 14.9. The summed E-state index contributed by atoms with van der Waals surface area (Å²) in [7, 11) is -3.16. The molecule has 3 amide bonds. The highest BCUT2D eigenvalue weighted by Crippen LogP contribution is 2.60. The molecule has 0 bridgehead atoms. The van der Waals surface area contributed by atoms with Gasteiger partial charge in [-0.1, -0.05) is 43.3 Å². The van der Waals surface area contributed by atoms with E-state index in [-0.39, 0.29) is 43.1 Å². The van der Waals surface area contributed by atoms with Gasteiger partial charge in [0.05, 0.1) is 48.4 Å². The number of benzene rings is 3. The molecule has 4 aliphatic heterocycles. The molecule has 4 aliphatic rings. The lowest BCUT2D eigenvalue weighted by atomic mass is 9.82. The van der Waals surface area contributed by atoms with Gasteiger partial charge in [-0.05, 0) is 73.8 Å². The molecule has 4 heterocycles. The van der Waals surface area contributed by atoms with E-state index in [2.05, 4.69) is 10.6 Å². The molecule has 2 fully saturated rings. The fraction of sp³-hybridized carbons (Fsp3) is 0.447. The number of amides is 3. The SMILES string of the molecule is C[C@@H]1[C@@H]([Si](C)(C)O)[C@H](CC(=O)N2Cc3ccccc3C[C@H]2CO)O[C@@]12C(=O)N(Cc1cccc(NC(=O)[C@H]3CCCN3)c1)c1ccc([N+](=O)[O-])cc12. The zero-order chi connectivity index (χ0) is 36.9. The van der Waals surface area contributed by atoms with Crippen molar-refractivity contribution in [1.82, 2.24) is 10.2 Å². The van der Waals surface area contributed by atoms with Crippen molar-refractivity contribution in [2.75, 3.05) is 23.4 Å². The predicted octanol–water partition coefficient (Wildman–Crippen LogP) is 3.97. The first-order valence-corrected chi connectivity index (χ1v) is 21.0. The predicted molar refractivity (Wildman–Crippen MR) is 196 cm³/mol. The second-order valence-corrected chi connectivity index (χ2v) is 19.1. The van der Waals surface area contributed by atoms with Crippen LogP contribution in [0.4, 0.5) is 17.1 Å². The average molecular weight is 728 g/mol. The van der Waals surface area contributed by atoms with Crippen molar-refractivity contribution in [3.8, 4) is 0 Å². The van der Waals surface area contributed by atoms with Gasteiger partial charge in [-0.2, -0.15) is 0 Å². The third kappa shape index (κ3) is 6.32. The minimum Gasteiger partial charge on any atom is -0.432 e. The van der Waals surface area contributed by atoms with Gasteiger partial charge in [0, 0.05) is 41.4 Å². The monoisotopic (exact) mass is 727 g/mol. The second-order valence-electron chi connectivity index (χ2n) is 15.1. The van der Waals surface area contributed by atoms with Gasteiger partial charge in [-0.15, -0.1) is 0 Å². The van der Waals surface area contributed by atoms with Crippen LogP contribution in [0.3, 0.4) is 0 Å². The number of carbonyl (C=O) groups is 3. The molecular formula is C38H45N5O8Si. The highest BCUT2D eigenvalue weighted by Gasteiger charge is 2.66. The third-order valence-electron chi connectivity index (χ3n) is 11.4. The Kier molecular flexibility index (Phi) is 9.55. The number of carbonyl (C=O) groups excluding carboxylic acids is 3. The molecule has 0 saturated carbocycles. The second kappa shape index (κ2) is 13.8. The van der Waals surface area contributed by atoms with E-state index in [0.717, 1.165) is 36.1 Å². The van der Waals surface area contributed by atoms with E-state index in [0.29, 0.717) is 29.9 Å². The van der Waals surface area contributed by atoms with Gasteiger partial charge in [0.1, 0.15) is 0 Å². The van der Waals surface area contributed by atoms with E-state index in [1.807, 2.05) is 37.3 Å². The molecule has 6 atom stereocenters. The van der Waals surface area contributed by atoms with E-state index >= 15 is 0 Å². The number of nitrogens with zero attached hydrogens (tertiary/aromatic N) is 3. The molecular weight excluding hydrogens is 683 g/mol. The Hall–Kier alpha value is -4.47. The largest absolute Gasteiger partial charge is 0.432 e. The van der Waals surface area contributed by atoms with Crippen LogP contribution in [0.1, 0.15) is 48.4 Å². The number of aliphatic hydroxyl groups excluding tert-OH is 1. The van der Waals surface area contributed by atoms with Crippen molar-refractivity contribution in [2.45, 2.75) is 88.1 Å². The van der Waals surface area contributed by atoms with E-state index in [1.165, 1.54) is 12.1 Å². The number of hydrogen-bond acceptors (Lipinski definition) is 9. The van der Waals surface area contributed by atoms with Gasteiger partial charge >= 0.3 is 0 Å². The van der Waals surface area contributed by atoms with Gasteiger partial charge in [0.15, 0.2) is 13.9 Å². The summed E-state index contributed by atoms with van der Waals surface area (Å²) in [4.78, 5) is 68.3. The van der Waals surface area contributed by atoms with Gasteiger partial charge in [-0.25, -0.2) is 0 Å². The summed E-state index contributed by atoms with van der Waals surface area (Å²) in [5.74, 6) is -1.47. The van der Waals surface area contributed by atoms with Crippen LogP contribution in [0.25, 0.3) is 0 Å². The Morgan fingerprint density at radius 2 is 1.88 bits per heavy atom. The molecule has 0 aromatic heterocycles. The summed E-state index contributed by atoms with van der Waals surface area (Å²) in [5, 5.41) is 28.5. The summed E-state index contributed by atoms with van der Waals surface area (Å²) in [6.07, 6.45) is 1.18. The first kappa shape index (κ1) is 35.9. The highest BCUT2D eigenvalue weighted by atomic mass is 28.4. The van der Waals surface area contributed by atoms with Crippen molar-refractivity contribution < 1.29 is 33.9 Å². The maximum Gasteiger partial charge on any atom is 0.269 e. The molecule has 52 heavy (non-hydrogen) atoms. The lowest BCUT2D eigenvalue weighted by molar-refractivity contribution is -0.385. The quantitative estimate of drug-likeness (QED) is 0.145. The first-order chi connectivity index (χ1) is 24.8. The number of fused-ring (bicyclic) bond motifs is 3. The van der Waals surface area contributed by atoms with Crippen LogP contribution < -0.4 is 15.5 Å². The lowest BCUT2D eigenvalue weighted by Gasteiger charge is -2.37. The van der Waals surface area contributed by atoms with Gasteiger partial charge in [0.2, 0.25) is 11.8 Å². The van der Waals surface area contributed by atoms with Crippen molar-refractivity contribution in [2.24, 2.45) is 5.92 Å². The van der Waals surface area contributed by atoms with Crippen molar-refractivity contribution in [1.29, 1.82) is 0 Å². The van der Waals surface area contributed by atoms with Crippen LogP contribution in [-0.2, 0) is 44.2 Å². The zero-order valence-electron chi connectivity index (χ0n) is 29.6. The number of aliphatic hydroxyl groups is 1. The summed E-state index contributed by atoms with van der Waals surface area (Å²) in [5.41, 5.74) is 1.66. The van der Waals surface area contributed by atoms with E-state index < -0.39 is 48.4 Å². The molecule has 0 aliphatic carbocycles. The van der Waals surface area contributed by atoms with Crippen LogP contribution in [0.5, 0.6) is 0 Å². The Bertz CT molecular complexity index is 1910. The molecule has 274 valence electrons. The number of nitrogens with one attached hydrogen (secondary N) is 2. The van der Waals surface area contributed by atoms with E-state index in [1.54, 1.807) is 47.2 Å². The lowest BCUT2D eigenvalue weighted by Crippen LogP contribution is -2.48. The van der Waals surface area contributed by atoms with Crippen LogP contribution in [0.15, 0.2) is 66.7 Å². The maximum atomic E-state index is 14.9. The van der Waals surface area contributed by atoms with Gasteiger partial charge in [-0.3, -0.25) is 24.5 Å². The van der Waals surface area contributed by atoms with Gasteiger partial charge < -0.3 is 35.1 Å². The Labute approximate surface area is 303 Å². The molecule has 14 heteroatoms. The Balaban J connectivity index is 1.21. The van der Waals surface area contributed by atoms with Crippen LogP contribution in [-0.4, -0.2) is 77.1 Å². The van der Waals surface area contributed by atoms with Crippen LogP contribution in [0, 0.1) is 16.0 Å².